The molecule has 6 heteroatoms. The predicted octanol–water partition coefficient (Wildman–Crippen LogP) is 4.15. The van der Waals surface area contributed by atoms with Gasteiger partial charge in [-0.25, -0.2) is 4.98 Å². The third-order valence-electron chi connectivity index (χ3n) is 4.31. The quantitative estimate of drug-likeness (QED) is 0.902. The maximum Gasteiger partial charge on any atom is 0.236 e. The molecule has 0 spiro atoms. The van der Waals surface area contributed by atoms with Gasteiger partial charge in [-0.15, -0.1) is 0 Å². The number of aromatic amines is 1. The van der Waals surface area contributed by atoms with Crippen molar-refractivity contribution in [2.75, 3.05) is 12.8 Å². The number of hydrogen-bond donors (Lipinski definition) is 1. The van der Waals surface area contributed by atoms with Gasteiger partial charge in [-0.2, -0.15) is 11.8 Å². The van der Waals surface area contributed by atoms with Gasteiger partial charge in [0.15, 0.2) is 0 Å². The normalized spacial score (nSPS) is 19.1. The van der Waals surface area contributed by atoms with Crippen LogP contribution in [-0.2, 0) is 4.79 Å². The topological polar surface area (TPSA) is 49.0 Å². The Hall–Kier alpha value is -1.46. The van der Waals surface area contributed by atoms with Crippen LogP contribution in [0.15, 0.2) is 30.5 Å². The van der Waals surface area contributed by atoms with E-state index in [4.69, 9.17) is 11.6 Å². The second kappa shape index (κ2) is 6.97. The number of rotatable bonds is 4. The molecule has 1 amide bonds. The lowest BCUT2D eigenvalue weighted by Gasteiger charge is -2.25. The molecule has 2 unspecified atom stereocenters. The Morgan fingerprint density at radius 2 is 2.26 bits per heavy atom. The Bertz CT molecular complexity index is 703. The monoisotopic (exact) mass is 349 g/mol. The first-order valence-electron chi connectivity index (χ1n) is 7.75. The van der Waals surface area contributed by atoms with Crippen LogP contribution in [-0.4, -0.2) is 38.8 Å². The van der Waals surface area contributed by atoms with Crippen molar-refractivity contribution in [1.29, 1.82) is 0 Å². The van der Waals surface area contributed by atoms with E-state index >= 15 is 0 Å². The number of carbonyl (C=O) groups is 1. The highest BCUT2D eigenvalue weighted by atomic mass is 35.5. The first-order chi connectivity index (χ1) is 11.1. The Labute approximate surface area is 145 Å². The molecule has 0 saturated carbocycles. The molecule has 2 aromatic rings. The zero-order chi connectivity index (χ0) is 16.4. The van der Waals surface area contributed by atoms with Crippen molar-refractivity contribution in [2.45, 2.75) is 31.1 Å². The molecule has 0 aliphatic carbocycles. The summed E-state index contributed by atoms with van der Waals surface area (Å²) in [5, 5.41) is 0.673. The minimum Gasteiger partial charge on any atom is -0.340 e. The van der Waals surface area contributed by atoms with Crippen molar-refractivity contribution in [3.05, 3.63) is 41.3 Å². The van der Waals surface area contributed by atoms with Crippen LogP contribution in [0.3, 0.4) is 0 Å². The van der Waals surface area contributed by atoms with Crippen molar-refractivity contribution in [3.8, 4) is 11.3 Å². The van der Waals surface area contributed by atoms with Gasteiger partial charge in [-0.1, -0.05) is 29.8 Å². The number of halogens is 1. The van der Waals surface area contributed by atoms with E-state index in [9.17, 15) is 4.79 Å². The van der Waals surface area contributed by atoms with Crippen LogP contribution in [0.1, 0.15) is 31.6 Å². The second-order valence-corrected chi connectivity index (χ2v) is 7.32. The summed E-state index contributed by atoms with van der Waals surface area (Å²) in [4.78, 5) is 22.4. The summed E-state index contributed by atoms with van der Waals surface area (Å²) in [6.45, 7) is 2.76. The van der Waals surface area contributed by atoms with E-state index in [2.05, 4.69) is 9.97 Å². The largest absolute Gasteiger partial charge is 0.340 e. The second-order valence-electron chi connectivity index (χ2n) is 5.73. The Kier molecular flexibility index (Phi) is 4.97. The Morgan fingerprint density at radius 1 is 1.48 bits per heavy atom. The molecule has 2 atom stereocenters. The minimum absolute atomic E-state index is 0.0198. The molecule has 1 aromatic heterocycles. The highest BCUT2D eigenvalue weighted by Gasteiger charge is 2.33. The summed E-state index contributed by atoms with van der Waals surface area (Å²) in [5.41, 5.74) is 1.82. The van der Waals surface area contributed by atoms with Gasteiger partial charge in [0.25, 0.3) is 0 Å². The van der Waals surface area contributed by atoms with Gasteiger partial charge in [-0.3, -0.25) is 4.79 Å². The molecule has 23 heavy (non-hydrogen) atoms. The number of imidazole rings is 1. The molecule has 1 N–H and O–H groups in total. The summed E-state index contributed by atoms with van der Waals surface area (Å²) in [6.07, 6.45) is 5.73. The van der Waals surface area contributed by atoms with E-state index in [1.165, 1.54) is 0 Å². The van der Waals surface area contributed by atoms with Crippen molar-refractivity contribution >= 4 is 29.3 Å². The fourth-order valence-electron chi connectivity index (χ4n) is 2.97. The van der Waals surface area contributed by atoms with E-state index in [0.29, 0.717) is 5.02 Å². The lowest BCUT2D eigenvalue weighted by atomic mass is 10.2. The number of aromatic nitrogens is 2. The smallest absolute Gasteiger partial charge is 0.236 e. The molecule has 1 fully saturated rings. The van der Waals surface area contributed by atoms with Crippen molar-refractivity contribution < 1.29 is 4.79 Å². The zero-order valence-corrected chi connectivity index (χ0v) is 14.8. The number of amides is 1. The number of H-pyrrole nitrogens is 1. The Morgan fingerprint density at radius 3 is 3.00 bits per heavy atom. The number of thioether (sulfide) groups is 1. The first-order valence-corrected chi connectivity index (χ1v) is 9.41. The van der Waals surface area contributed by atoms with Crippen LogP contribution in [0, 0.1) is 0 Å². The van der Waals surface area contributed by atoms with Gasteiger partial charge in [0, 0.05) is 17.1 Å². The van der Waals surface area contributed by atoms with Gasteiger partial charge in [0.05, 0.1) is 23.2 Å². The minimum atomic E-state index is -0.0198. The zero-order valence-electron chi connectivity index (χ0n) is 13.3. The van der Waals surface area contributed by atoms with Crippen LogP contribution in [0.5, 0.6) is 0 Å². The first kappa shape index (κ1) is 16.4. The van der Waals surface area contributed by atoms with Gasteiger partial charge >= 0.3 is 0 Å². The van der Waals surface area contributed by atoms with E-state index in [1.54, 1.807) is 18.0 Å². The van der Waals surface area contributed by atoms with Crippen LogP contribution >= 0.6 is 23.4 Å². The summed E-state index contributed by atoms with van der Waals surface area (Å²) in [7, 11) is 0. The van der Waals surface area contributed by atoms with Crippen LogP contribution < -0.4 is 0 Å². The molecule has 0 radical (unpaired) electrons. The number of nitrogens with one attached hydrogen (secondary N) is 1. The number of carbonyl (C=O) groups excluding carboxylic acids is 1. The predicted molar refractivity (Wildman–Crippen MR) is 95.7 cm³/mol. The molecule has 1 saturated heterocycles. The van der Waals surface area contributed by atoms with Crippen LogP contribution in [0.25, 0.3) is 11.3 Å². The highest BCUT2D eigenvalue weighted by molar-refractivity contribution is 7.99. The van der Waals surface area contributed by atoms with E-state index in [-0.39, 0.29) is 17.2 Å². The molecule has 1 aliphatic heterocycles. The van der Waals surface area contributed by atoms with Gasteiger partial charge in [0.1, 0.15) is 5.82 Å². The number of likely N-dealkylation sites (tertiary alicyclic amines) is 1. The van der Waals surface area contributed by atoms with E-state index in [0.717, 1.165) is 36.5 Å². The maximum atomic E-state index is 12.5. The molecule has 1 aromatic carbocycles. The van der Waals surface area contributed by atoms with E-state index in [1.807, 2.05) is 42.3 Å². The molecular weight excluding hydrogens is 330 g/mol. The fraction of sp³-hybridized carbons (Fsp3) is 0.412. The number of nitrogens with zero attached hydrogens (tertiary/aromatic N) is 2. The number of benzene rings is 1. The Balaban J connectivity index is 1.85. The van der Waals surface area contributed by atoms with Crippen LogP contribution in [0.2, 0.25) is 5.02 Å². The van der Waals surface area contributed by atoms with Crippen LogP contribution in [0.4, 0.5) is 0 Å². The van der Waals surface area contributed by atoms with Crippen molar-refractivity contribution in [1.82, 2.24) is 14.9 Å². The summed E-state index contributed by atoms with van der Waals surface area (Å²) in [6, 6.07) is 7.72. The van der Waals surface area contributed by atoms with Gasteiger partial charge in [-0.05, 0) is 32.1 Å². The number of hydrogen-bond acceptors (Lipinski definition) is 3. The lowest BCUT2D eigenvalue weighted by Crippen LogP contribution is -2.36. The SMILES string of the molecule is CSC(C)C(=O)N1CCCC1c1ncc(-c2ccccc2Cl)[nH]1. The van der Waals surface area contributed by atoms with Crippen molar-refractivity contribution in [3.63, 3.8) is 0 Å². The van der Waals surface area contributed by atoms with Crippen molar-refractivity contribution in [2.24, 2.45) is 0 Å². The molecule has 1 aliphatic rings. The summed E-state index contributed by atoms with van der Waals surface area (Å²) >= 11 is 7.83. The molecule has 122 valence electrons. The fourth-order valence-corrected chi connectivity index (χ4v) is 3.55. The third kappa shape index (κ3) is 3.26. The molecular formula is C17H20ClN3OS. The van der Waals surface area contributed by atoms with Gasteiger partial charge < -0.3 is 9.88 Å². The maximum absolute atomic E-state index is 12.5. The molecule has 0 bridgehead atoms. The third-order valence-corrected chi connectivity index (χ3v) is 5.55. The standard InChI is InChI=1S/C17H20ClN3OS/c1-11(23-2)17(22)21-9-5-8-15(21)16-19-10-14(20-16)12-6-3-4-7-13(12)18/h3-4,6-7,10-11,15H,5,8-9H2,1-2H3,(H,19,20). The van der Waals surface area contributed by atoms with E-state index < -0.39 is 0 Å². The lowest BCUT2D eigenvalue weighted by molar-refractivity contribution is -0.131. The molecule has 2 heterocycles. The molecule has 3 rings (SSSR count). The summed E-state index contributed by atoms with van der Waals surface area (Å²) in [5.74, 6) is 1.04. The van der Waals surface area contributed by atoms with Gasteiger partial charge in [0.2, 0.25) is 5.91 Å². The molecule has 4 nitrogen and oxygen atoms in total. The average Bonchev–Trinajstić information content (AvgIpc) is 3.22. The summed E-state index contributed by atoms with van der Waals surface area (Å²) < 4.78 is 0. The highest BCUT2D eigenvalue weighted by Crippen LogP contribution is 2.34. The average molecular weight is 350 g/mol.